The molecule has 0 N–H and O–H groups in total. The Bertz CT molecular complexity index is 345. The Hall–Kier alpha value is -0.850. The van der Waals surface area contributed by atoms with Crippen LogP contribution in [0.15, 0.2) is 18.5 Å². The van der Waals surface area contributed by atoms with Gasteiger partial charge in [0.05, 0.1) is 0 Å². The molecule has 0 aromatic carbocycles. The second kappa shape index (κ2) is 4.57. The van der Waals surface area contributed by atoms with Gasteiger partial charge >= 0.3 is 0 Å². The first-order valence-electron chi connectivity index (χ1n) is 6.23. The molecule has 0 spiro atoms. The van der Waals surface area contributed by atoms with E-state index in [0.29, 0.717) is 0 Å². The van der Waals surface area contributed by atoms with Crippen LogP contribution in [0.1, 0.15) is 59.1 Å². The van der Waals surface area contributed by atoms with Crippen LogP contribution in [0.2, 0.25) is 0 Å². The molecule has 0 radical (unpaired) electrons. The molecule has 0 aliphatic rings. The van der Waals surface area contributed by atoms with Gasteiger partial charge in [-0.15, -0.1) is 0 Å². The van der Waals surface area contributed by atoms with Crippen LogP contribution in [-0.2, 0) is 11.8 Å². The number of rotatable bonds is 3. The summed E-state index contributed by atoms with van der Waals surface area (Å²) in [6.07, 6.45) is 6.32. The van der Waals surface area contributed by atoms with Crippen molar-refractivity contribution in [1.29, 1.82) is 0 Å². The van der Waals surface area contributed by atoms with E-state index in [1.807, 2.05) is 12.4 Å². The fourth-order valence-electron chi connectivity index (χ4n) is 1.69. The second-order valence-corrected chi connectivity index (χ2v) is 6.21. The van der Waals surface area contributed by atoms with Crippen molar-refractivity contribution >= 4 is 0 Å². The van der Waals surface area contributed by atoms with Crippen molar-refractivity contribution in [3.8, 4) is 0 Å². The zero-order valence-corrected chi connectivity index (χ0v) is 11.6. The minimum atomic E-state index is 0.156. The average Bonchev–Trinajstić information content (AvgIpc) is 2.17. The van der Waals surface area contributed by atoms with E-state index in [4.69, 9.17) is 0 Å². The standard InChI is InChI=1S/C15H25N/c1-7-8-12-9-13(11-16-10-12)15(5,6)14(2,3)4/h9-11H,7-8H2,1-6H3. The topological polar surface area (TPSA) is 12.9 Å². The summed E-state index contributed by atoms with van der Waals surface area (Å²) < 4.78 is 0. The van der Waals surface area contributed by atoms with Gasteiger partial charge in [-0.05, 0) is 28.4 Å². The van der Waals surface area contributed by atoms with Crippen molar-refractivity contribution in [2.24, 2.45) is 5.41 Å². The lowest BCUT2D eigenvalue weighted by atomic mass is 9.65. The van der Waals surface area contributed by atoms with Gasteiger partial charge in [-0.2, -0.15) is 0 Å². The summed E-state index contributed by atoms with van der Waals surface area (Å²) in [5.41, 5.74) is 3.12. The zero-order chi connectivity index (χ0) is 12.4. The van der Waals surface area contributed by atoms with E-state index in [2.05, 4.69) is 52.6 Å². The van der Waals surface area contributed by atoms with Crippen LogP contribution >= 0.6 is 0 Å². The Morgan fingerprint density at radius 2 is 1.69 bits per heavy atom. The number of hydrogen-bond donors (Lipinski definition) is 0. The molecular formula is C15H25N. The van der Waals surface area contributed by atoms with Gasteiger partial charge in [0.25, 0.3) is 0 Å². The Labute approximate surface area is 100 Å². The Morgan fingerprint density at radius 1 is 1.06 bits per heavy atom. The van der Waals surface area contributed by atoms with E-state index < -0.39 is 0 Å². The molecule has 0 aliphatic heterocycles. The summed E-state index contributed by atoms with van der Waals surface area (Å²) in [6.45, 7) is 13.7. The lowest BCUT2D eigenvalue weighted by molar-refractivity contribution is 0.225. The monoisotopic (exact) mass is 219 g/mol. The highest BCUT2D eigenvalue weighted by atomic mass is 14.6. The van der Waals surface area contributed by atoms with Gasteiger partial charge in [-0.1, -0.05) is 54.0 Å². The summed E-state index contributed by atoms with van der Waals surface area (Å²) in [5, 5.41) is 0. The minimum Gasteiger partial charge on any atom is -0.264 e. The number of aromatic nitrogens is 1. The van der Waals surface area contributed by atoms with E-state index >= 15 is 0 Å². The lowest BCUT2D eigenvalue weighted by Gasteiger charge is -2.39. The molecule has 0 atom stereocenters. The SMILES string of the molecule is CCCc1cncc(C(C)(C)C(C)(C)C)c1. The van der Waals surface area contributed by atoms with E-state index in [0.717, 1.165) is 6.42 Å². The molecule has 1 nitrogen and oxygen atoms in total. The minimum absolute atomic E-state index is 0.156. The van der Waals surface area contributed by atoms with Gasteiger partial charge in [0, 0.05) is 12.4 Å². The molecule has 0 bridgehead atoms. The van der Waals surface area contributed by atoms with E-state index in [1.165, 1.54) is 17.5 Å². The van der Waals surface area contributed by atoms with Crippen molar-refractivity contribution in [1.82, 2.24) is 4.98 Å². The van der Waals surface area contributed by atoms with Gasteiger partial charge in [0.1, 0.15) is 0 Å². The first-order chi connectivity index (χ1) is 7.29. The van der Waals surface area contributed by atoms with E-state index in [1.54, 1.807) is 0 Å². The van der Waals surface area contributed by atoms with Crippen molar-refractivity contribution in [2.45, 2.75) is 59.8 Å². The largest absolute Gasteiger partial charge is 0.264 e. The molecule has 0 aliphatic carbocycles. The molecule has 16 heavy (non-hydrogen) atoms. The van der Waals surface area contributed by atoms with Gasteiger partial charge in [-0.25, -0.2) is 0 Å². The second-order valence-electron chi connectivity index (χ2n) is 6.21. The van der Waals surface area contributed by atoms with Crippen LogP contribution in [0.5, 0.6) is 0 Å². The fraction of sp³-hybridized carbons (Fsp3) is 0.667. The predicted octanol–water partition coefficient (Wildman–Crippen LogP) is 4.36. The maximum atomic E-state index is 4.38. The molecule has 90 valence electrons. The predicted molar refractivity (Wildman–Crippen MR) is 70.7 cm³/mol. The third-order valence-electron chi connectivity index (χ3n) is 3.93. The third-order valence-corrected chi connectivity index (χ3v) is 3.93. The van der Waals surface area contributed by atoms with E-state index in [9.17, 15) is 0 Å². The Balaban J connectivity index is 3.08. The number of nitrogens with zero attached hydrogens (tertiary/aromatic N) is 1. The van der Waals surface area contributed by atoms with Gasteiger partial charge in [0.15, 0.2) is 0 Å². The van der Waals surface area contributed by atoms with E-state index in [-0.39, 0.29) is 10.8 Å². The van der Waals surface area contributed by atoms with Crippen LogP contribution < -0.4 is 0 Å². The number of pyridine rings is 1. The van der Waals surface area contributed by atoms with Crippen molar-refractivity contribution in [2.75, 3.05) is 0 Å². The van der Waals surface area contributed by atoms with Crippen LogP contribution in [0, 0.1) is 5.41 Å². The van der Waals surface area contributed by atoms with Gasteiger partial charge in [-0.3, -0.25) is 4.98 Å². The first kappa shape index (κ1) is 13.2. The highest BCUT2D eigenvalue weighted by molar-refractivity contribution is 5.27. The Kier molecular flexibility index (Phi) is 3.77. The first-order valence-corrected chi connectivity index (χ1v) is 6.23. The van der Waals surface area contributed by atoms with Crippen LogP contribution in [0.3, 0.4) is 0 Å². The van der Waals surface area contributed by atoms with Crippen molar-refractivity contribution in [3.05, 3.63) is 29.6 Å². The van der Waals surface area contributed by atoms with Gasteiger partial charge < -0.3 is 0 Å². The normalized spacial score (nSPS) is 12.9. The molecule has 1 heteroatoms. The number of aryl methyl sites for hydroxylation is 1. The third kappa shape index (κ3) is 2.63. The molecule has 0 unspecified atom stereocenters. The summed E-state index contributed by atoms with van der Waals surface area (Å²) in [6, 6.07) is 2.32. The van der Waals surface area contributed by atoms with Crippen LogP contribution in [0.25, 0.3) is 0 Å². The summed E-state index contributed by atoms with van der Waals surface area (Å²) in [5.74, 6) is 0. The average molecular weight is 219 g/mol. The highest BCUT2D eigenvalue weighted by Crippen LogP contribution is 2.40. The van der Waals surface area contributed by atoms with Gasteiger partial charge in [0.2, 0.25) is 0 Å². The molecule has 0 saturated carbocycles. The summed E-state index contributed by atoms with van der Waals surface area (Å²) in [7, 11) is 0. The maximum Gasteiger partial charge on any atom is 0.0305 e. The molecule has 1 rings (SSSR count). The molecule has 0 saturated heterocycles. The van der Waals surface area contributed by atoms with Crippen molar-refractivity contribution in [3.63, 3.8) is 0 Å². The van der Waals surface area contributed by atoms with Crippen LogP contribution in [0.4, 0.5) is 0 Å². The summed E-state index contributed by atoms with van der Waals surface area (Å²) in [4.78, 5) is 4.38. The lowest BCUT2D eigenvalue weighted by Crippen LogP contribution is -2.34. The van der Waals surface area contributed by atoms with Crippen molar-refractivity contribution < 1.29 is 0 Å². The fourth-order valence-corrected chi connectivity index (χ4v) is 1.69. The molecule has 0 amide bonds. The summed E-state index contributed by atoms with van der Waals surface area (Å²) >= 11 is 0. The highest BCUT2D eigenvalue weighted by Gasteiger charge is 2.34. The zero-order valence-electron chi connectivity index (χ0n) is 11.6. The van der Waals surface area contributed by atoms with Crippen LogP contribution in [-0.4, -0.2) is 4.98 Å². The molecule has 1 aromatic heterocycles. The molecular weight excluding hydrogens is 194 g/mol. The maximum absolute atomic E-state index is 4.38. The molecule has 1 aromatic rings. The molecule has 0 fully saturated rings. The Morgan fingerprint density at radius 3 is 2.19 bits per heavy atom. The molecule has 1 heterocycles. The quantitative estimate of drug-likeness (QED) is 0.736. The number of hydrogen-bond acceptors (Lipinski definition) is 1. The smallest absolute Gasteiger partial charge is 0.0305 e.